The molecule has 2 rings (SSSR count). The summed E-state index contributed by atoms with van der Waals surface area (Å²) >= 11 is 0. The standard InChI is InChI=1S/C13H11N3O8S2/c17-16(18)11-4-2-10(3-5-11)15-14-8-9-1-6-12(25(19,20)21)7-13(9)26(22,23)24/h1-8,15H,(H,19,20,21)(H,22,23,24). The van der Waals surface area contributed by atoms with Crippen LogP contribution < -0.4 is 5.43 Å². The van der Waals surface area contributed by atoms with Gasteiger partial charge in [-0.15, -0.1) is 0 Å². The first-order valence-corrected chi connectivity index (χ1v) is 9.49. The highest BCUT2D eigenvalue weighted by molar-refractivity contribution is 7.86. The second-order valence-corrected chi connectivity index (χ2v) is 7.64. The van der Waals surface area contributed by atoms with Crippen LogP contribution in [0.1, 0.15) is 5.56 Å². The van der Waals surface area contributed by atoms with Crippen LogP contribution in [0.4, 0.5) is 11.4 Å². The maximum atomic E-state index is 11.4. The third-order valence-electron chi connectivity index (χ3n) is 3.04. The average molecular weight is 401 g/mol. The summed E-state index contributed by atoms with van der Waals surface area (Å²) in [6.07, 6.45) is 0.984. The Hall–Kier alpha value is -2.87. The zero-order valence-corrected chi connectivity index (χ0v) is 14.3. The fourth-order valence-electron chi connectivity index (χ4n) is 1.84. The SMILES string of the molecule is O=[N+]([O-])c1ccc(NN=Cc2ccc(S(=O)(=O)O)cc2S(=O)(=O)O)cc1. The predicted octanol–water partition coefficient (Wildman–Crippen LogP) is 1.53. The monoisotopic (exact) mass is 401 g/mol. The molecular formula is C13H11N3O8S2. The van der Waals surface area contributed by atoms with Crippen molar-refractivity contribution in [3.8, 4) is 0 Å². The van der Waals surface area contributed by atoms with Gasteiger partial charge < -0.3 is 0 Å². The highest BCUT2D eigenvalue weighted by atomic mass is 32.2. The molecular weight excluding hydrogens is 390 g/mol. The first-order chi connectivity index (χ1) is 12.0. The molecule has 11 nitrogen and oxygen atoms in total. The molecule has 0 heterocycles. The lowest BCUT2D eigenvalue weighted by Gasteiger charge is -2.05. The van der Waals surface area contributed by atoms with E-state index in [1.807, 2.05) is 0 Å². The Kier molecular flexibility index (Phi) is 5.36. The predicted molar refractivity (Wildman–Crippen MR) is 90.4 cm³/mol. The Morgan fingerprint density at radius 3 is 2.12 bits per heavy atom. The first kappa shape index (κ1) is 19.5. The van der Waals surface area contributed by atoms with Crippen LogP contribution in [0.5, 0.6) is 0 Å². The summed E-state index contributed by atoms with van der Waals surface area (Å²) in [6.45, 7) is 0. The molecule has 0 saturated heterocycles. The van der Waals surface area contributed by atoms with Crippen LogP contribution in [-0.4, -0.2) is 37.1 Å². The van der Waals surface area contributed by atoms with Gasteiger partial charge in [-0.25, -0.2) is 0 Å². The minimum absolute atomic E-state index is 0.131. The number of hydrogen-bond donors (Lipinski definition) is 3. The van der Waals surface area contributed by atoms with E-state index >= 15 is 0 Å². The van der Waals surface area contributed by atoms with Gasteiger partial charge in [0.25, 0.3) is 25.9 Å². The highest BCUT2D eigenvalue weighted by Gasteiger charge is 2.19. The lowest BCUT2D eigenvalue weighted by Crippen LogP contribution is -2.07. The molecule has 2 aromatic carbocycles. The fourth-order valence-corrected chi connectivity index (χ4v) is 3.12. The number of hydrazone groups is 1. The third kappa shape index (κ3) is 4.82. The number of nitrogens with one attached hydrogen (secondary N) is 1. The van der Waals surface area contributed by atoms with Crippen LogP contribution >= 0.6 is 0 Å². The molecule has 0 fully saturated rings. The molecule has 0 atom stereocenters. The number of hydrogen-bond acceptors (Lipinski definition) is 8. The van der Waals surface area contributed by atoms with Gasteiger partial charge in [-0.1, -0.05) is 6.07 Å². The Morgan fingerprint density at radius 2 is 1.62 bits per heavy atom. The summed E-state index contributed by atoms with van der Waals surface area (Å²) in [7, 11) is -9.46. The fraction of sp³-hybridized carbons (Fsp3) is 0. The molecule has 0 bridgehead atoms. The lowest BCUT2D eigenvalue weighted by atomic mass is 10.2. The molecule has 0 aliphatic heterocycles. The molecule has 138 valence electrons. The number of benzene rings is 2. The van der Waals surface area contributed by atoms with Gasteiger partial charge in [0.2, 0.25) is 0 Å². The van der Waals surface area contributed by atoms with Gasteiger partial charge in [-0.2, -0.15) is 21.9 Å². The summed E-state index contributed by atoms with van der Waals surface area (Å²) in [5, 5.41) is 14.3. The summed E-state index contributed by atoms with van der Waals surface area (Å²) in [4.78, 5) is 8.48. The van der Waals surface area contributed by atoms with Crippen molar-refractivity contribution in [2.45, 2.75) is 9.79 Å². The van der Waals surface area contributed by atoms with Crippen LogP contribution in [0.25, 0.3) is 0 Å². The van der Waals surface area contributed by atoms with Crippen molar-refractivity contribution in [2.24, 2.45) is 5.10 Å². The Balaban J connectivity index is 2.30. The highest BCUT2D eigenvalue weighted by Crippen LogP contribution is 2.20. The molecule has 13 heteroatoms. The molecule has 0 aliphatic rings. The van der Waals surface area contributed by atoms with Crippen molar-refractivity contribution in [2.75, 3.05) is 5.43 Å². The largest absolute Gasteiger partial charge is 0.295 e. The van der Waals surface area contributed by atoms with Gasteiger partial charge >= 0.3 is 0 Å². The van der Waals surface area contributed by atoms with E-state index in [4.69, 9.17) is 4.55 Å². The van der Waals surface area contributed by atoms with Crippen LogP contribution in [0, 0.1) is 10.1 Å². The number of nitro groups is 1. The van der Waals surface area contributed by atoms with E-state index in [1.54, 1.807) is 0 Å². The Bertz CT molecular complexity index is 1080. The molecule has 0 aromatic heterocycles. The van der Waals surface area contributed by atoms with Crippen molar-refractivity contribution in [3.63, 3.8) is 0 Å². The van der Waals surface area contributed by atoms with E-state index in [0.717, 1.165) is 18.3 Å². The van der Waals surface area contributed by atoms with Crippen LogP contribution in [-0.2, 0) is 20.2 Å². The molecule has 0 aliphatic carbocycles. The summed E-state index contributed by atoms with van der Waals surface area (Å²) in [6, 6.07) is 7.70. The average Bonchev–Trinajstić information content (AvgIpc) is 2.53. The van der Waals surface area contributed by atoms with E-state index in [2.05, 4.69) is 10.5 Å². The first-order valence-electron chi connectivity index (χ1n) is 6.61. The molecule has 26 heavy (non-hydrogen) atoms. The van der Waals surface area contributed by atoms with E-state index < -0.39 is 35.0 Å². The van der Waals surface area contributed by atoms with Gasteiger partial charge in [0, 0.05) is 17.7 Å². The topological polar surface area (TPSA) is 176 Å². The van der Waals surface area contributed by atoms with Crippen molar-refractivity contribution in [1.82, 2.24) is 0 Å². The Labute approximate surface area is 147 Å². The molecule has 0 unspecified atom stereocenters. The maximum absolute atomic E-state index is 11.4. The van der Waals surface area contributed by atoms with Crippen LogP contribution in [0.2, 0.25) is 0 Å². The van der Waals surface area contributed by atoms with Gasteiger partial charge in [0.05, 0.1) is 21.7 Å². The van der Waals surface area contributed by atoms with Gasteiger partial charge in [-0.05, 0) is 24.3 Å². The van der Waals surface area contributed by atoms with E-state index in [1.165, 1.54) is 24.3 Å². The number of nitro benzene ring substituents is 1. The molecule has 0 amide bonds. The van der Waals surface area contributed by atoms with Crippen molar-refractivity contribution in [3.05, 3.63) is 58.1 Å². The normalized spacial score (nSPS) is 12.2. The van der Waals surface area contributed by atoms with Crippen LogP contribution in [0.3, 0.4) is 0 Å². The summed E-state index contributed by atoms with van der Waals surface area (Å²) in [5.41, 5.74) is 2.55. The molecule has 3 N–H and O–H groups in total. The molecule has 2 aromatic rings. The van der Waals surface area contributed by atoms with E-state index in [-0.39, 0.29) is 11.3 Å². The van der Waals surface area contributed by atoms with Crippen molar-refractivity contribution < 1.29 is 30.9 Å². The molecule has 0 saturated carbocycles. The second-order valence-electron chi connectivity index (χ2n) is 4.82. The zero-order chi connectivity index (χ0) is 19.5. The number of rotatable bonds is 6. The maximum Gasteiger partial charge on any atom is 0.295 e. The zero-order valence-electron chi connectivity index (χ0n) is 12.7. The number of anilines is 1. The molecule has 0 spiro atoms. The minimum atomic E-state index is -4.80. The van der Waals surface area contributed by atoms with E-state index in [9.17, 15) is 31.5 Å². The smallest absolute Gasteiger partial charge is 0.282 e. The van der Waals surface area contributed by atoms with Gasteiger partial charge in [0.1, 0.15) is 4.90 Å². The third-order valence-corrected chi connectivity index (χ3v) is 4.80. The Morgan fingerprint density at radius 1 is 1.00 bits per heavy atom. The van der Waals surface area contributed by atoms with Crippen molar-refractivity contribution in [1.29, 1.82) is 0 Å². The van der Waals surface area contributed by atoms with Crippen LogP contribution in [0.15, 0.2) is 57.4 Å². The lowest BCUT2D eigenvalue weighted by molar-refractivity contribution is -0.384. The summed E-state index contributed by atoms with van der Waals surface area (Å²) in [5.74, 6) is 0. The minimum Gasteiger partial charge on any atom is -0.282 e. The second kappa shape index (κ2) is 7.17. The van der Waals surface area contributed by atoms with E-state index in [0.29, 0.717) is 11.8 Å². The van der Waals surface area contributed by atoms with Gasteiger partial charge in [-0.3, -0.25) is 24.6 Å². The number of non-ortho nitro benzene ring substituents is 1. The summed E-state index contributed by atoms with van der Waals surface area (Å²) < 4.78 is 63.1. The quantitative estimate of drug-likeness (QED) is 0.280. The van der Waals surface area contributed by atoms with Gasteiger partial charge in [0.15, 0.2) is 0 Å². The molecule has 0 radical (unpaired) electrons. The van der Waals surface area contributed by atoms with Crippen molar-refractivity contribution >= 4 is 37.8 Å². The number of nitrogens with zero attached hydrogens (tertiary/aromatic N) is 2.